The Kier molecular flexibility index (Phi) is 6.61. The second-order valence-electron chi connectivity index (χ2n) is 7.55. The lowest BCUT2D eigenvalue weighted by atomic mass is 10.2. The number of methoxy groups -OCH3 is 1. The van der Waals surface area contributed by atoms with Gasteiger partial charge in [0.15, 0.2) is 5.13 Å². The van der Waals surface area contributed by atoms with E-state index in [-0.39, 0.29) is 12.0 Å². The van der Waals surface area contributed by atoms with E-state index in [0.717, 1.165) is 40.3 Å². The van der Waals surface area contributed by atoms with Crippen LogP contribution in [-0.2, 0) is 4.74 Å². The molecule has 1 aromatic heterocycles. The summed E-state index contributed by atoms with van der Waals surface area (Å²) in [7, 11) is 1.64. The van der Waals surface area contributed by atoms with E-state index in [9.17, 15) is 4.79 Å². The molecule has 0 N–H and O–H groups in total. The van der Waals surface area contributed by atoms with Crippen molar-refractivity contribution in [1.29, 1.82) is 0 Å². The molecule has 1 saturated heterocycles. The number of aromatic nitrogens is 1. The molecule has 30 heavy (non-hydrogen) atoms. The Morgan fingerprint density at radius 3 is 2.77 bits per heavy atom. The van der Waals surface area contributed by atoms with Crippen molar-refractivity contribution in [3.05, 3.63) is 48.0 Å². The summed E-state index contributed by atoms with van der Waals surface area (Å²) in [5, 5.41) is 1.18. The number of thiazole rings is 1. The number of benzene rings is 2. The van der Waals surface area contributed by atoms with E-state index < -0.39 is 0 Å². The Balaban J connectivity index is 1.66. The van der Waals surface area contributed by atoms with Crippen molar-refractivity contribution in [1.82, 2.24) is 4.98 Å². The summed E-state index contributed by atoms with van der Waals surface area (Å²) < 4.78 is 12.3. The minimum absolute atomic E-state index is 0.0404. The van der Waals surface area contributed by atoms with Crippen molar-refractivity contribution >= 4 is 44.4 Å². The maximum Gasteiger partial charge on any atom is 0.260 e. The van der Waals surface area contributed by atoms with Gasteiger partial charge in [0, 0.05) is 22.3 Å². The Morgan fingerprint density at radius 1 is 1.30 bits per heavy atom. The van der Waals surface area contributed by atoms with Crippen molar-refractivity contribution in [2.45, 2.75) is 42.9 Å². The molecule has 158 valence electrons. The van der Waals surface area contributed by atoms with E-state index in [1.165, 1.54) is 11.3 Å². The summed E-state index contributed by atoms with van der Waals surface area (Å²) in [5.41, 5.74) is 1.45. The molecule has 0 aliphatic carbocycles. The smallest absolute Gasteiger partial charge is 0.260 e. The number of amides is 1. The van der Waals surface area contributed by atoms with Crippen molar-refractivity contribution in [3.8, 4) is 5.75 Å². The fourth-order valence-electron chi connectivity index (χ4n) is 3.54. The number of para-hydroxylation sites is 1. The number of hydrogen-bond donors (Lipinski definition) is 0. The lowest BCUT2D eigenvalue weighted by Crippen LogP contribution is -2.37. The van der Waals surface area contributed by atoms with Crippen molar-refractivity contribution in [2.75, 3.05) is 25.2 Å². The summed E-state index contributed by atoms with van der Waals surface area (Å²) in [6.45, 7) is 5.58. The first-order valence-electron chi connectivity index (χ1n) is 10.2. The van der Waals surface area contributed by atoms with Gasteiger partial charge in [-0.25, -0.2) is 4.98 Å². The lowest BCUT2D eigenvalue weighted by molar-refractivity contribution is 0.0917. The third kappa shape index (κ3) is 4.63. The van der Waals surface area contributed by atoms with E-state index in [1.54, 1.807) is 23.8 Å². The molecule has 0 saturated carbocycles. The summed E-state index contributed by atoms with van der Waals surface area (Å²) in [4.78, 5) is 21.2. The molecule has 1 fully saturated rings. The van der Waals surface area contributed by atoms with Crippen molar-refractivity contribution < 1.29 is 14.3 Å². The highest BCUT2D eigenvalue weighted by atomic mass is 32.2. The second-order valence-corrected chi connectivity index (χ2v) is 10.2. The highest BCUT2D eigenvalue weighted by molar-refractivity contribution is 7.99. The summed E-state index contributed by atoms with van der Waals surface area (Å²) in [5.74, 6) is 0.666. The normalized spacial score (nSPS) is 16.3. The van der Waals surface area contributed by atoms with Crippen LogP contribution in [0, 0.1) is 0 Å². The quantitative estimate of drug-likeness (QED) is 0.444. The summed E-state index contributed by atoms with van der Waals surface area (Å²) >= 11 is 3.29. The van der Waals surface area contributed by atoms with Gasteiger partial charge in [0.05, 0.1) is 24.5 Å². The van der Waals surface area contributed by atoms with Gasteiger partial charge in [-0.1, -0.05) is 31.3 Å². The van der Waals surface area contributed by atoms with Crippen LogP contribution in [0.4, 0.5) is 5.13 Å². The number of hydrogen-bond acceptors (Lipinski definition) is 6. The van der Waals surface area contributed by atoms with Crippen LogP contribution in [0.3, 0.4) is 0 Å². The van der Waals surface area contributed by atoms with Gasteiger partial charge in [-0.3, -0.25) is 9.69 Å². The zero-order valence-electron chi connectivity index (χ0n) is 17.5. The van der Waals surface area contributed by atoms with Crippen LogP contribution in [0.15, 0.2) is 47.4 Å². The van der Waals surface area contributed by atoms with Crippen LogP contribution < -0.4 is 9.64 Å². The molecule has 1 aliphatic heterocycles. The minimum Gasteiger partial charge on any atom is -0.494 e. The van der Waals surface area contributed by atoms with Gasteiger partial charge in [-0.15, -0.1) is 11.8 Å². The topological polar surface area (TPSA) is 51.7 Å². The molecular weight excluding hydrogens is 416 g/mol. The molecule has 3 aromatic rings. The average Bonchev–Trinajstić information content (AvgIpc) is 3.41. The number of rotatable bonds is 7. The predicted octanol–water partition coefficient (Wildman–Crippen LogP) is 5.63. The number of carbonyl (C=O) groups excluding carboxylic acids is 1. The van der Waals surface area contributed by atoms with Crippen LogP contribution >= 0.6 is 23.1 Å². The van der Waals surface area contributed by atoms with Gasteiger partial charge < -0.3 is 9.47 Å². The molecule has 1 unspecified atom stereocenters. The van der Waals surface area contributed by atoms with E-state index in [2.05, 4.69) is 13.8 Å². The van der Waals surface area contributed by atoms with Crippen molar-refractivity contribution in [3.63, 3.8) is 0 Å². The fraction of sp³-hybridized carbons (Fsp3) is 0.391. The first kappa shape index (κ1) is 21.2. The zero-order chi connectivity index (χ0) is 21.1. The Bertz CT molecular complexity index is 1010. The molecule has 7 heteroatoms. The fourth-order valence-corrected chi connectivity index (χ4v) is 5.36. The third-order valence-electron chi connectivity index (χ3n) is 4.95. The first-order valence-corrected chi connectivity index (χ1v) is 11.9. The monoisotopic (exact) mass is 442 g/mol. The third-order valence-corrected chi connectivity index (χ3v) is 7.01. The first-order chi connectivity index (χ1) is 14.5. The zero-order valence-corrected chi connectivity index (χ0v) is 19.1. The van der Waals surface area contributed by atoms with Gasteiger partial charge in [-0.2, -0.15) is 0 Å². The lowest BCUT2D eigenvalue weighted by Gasteiger charge is -2.23. The number of fused-ring (bicyclic) bond motifs is 1. The molecule has 0 spiro atoms. The number of nitrogens with zero attached hydrogens (tertiary/aromatic N) is 2. The SMILES string of the molecule is COc1cccc2sc(N(CC3CCCO3)C(=O)c3ccc(SC(C)C)cc3)nc12. The van der Waals surface area contributed by atoms with Crippen molar-refractivity contribution in [2.24, 2.45) is 0 Å². The maximum absolute atomic E-state index is 13.5. The Hall–Kier alpha value is -2.09. The predicted molar refractivity (Wildman–Crippen MR) is 124 cm³/mol. The van der Waals surface area contributed by atoms with E-state index in [1.807, 2.05) is 42.5 Å². The van der Waals surface area contributed by atoms with Gasteiger partial charge in [0.1, 0.15) is 11.3 Å². The molecule has 2 aromatic carbocycles. The highest BCUT2D eigenvalue weighted by Crippen LogP contribution is 2.35. The number of thioether (sulfide) groups is 1. The standard InChI is InChI=1S/C23H26N2O3S2/c1-15(2)29-18-11-9-16(10-12-18)22(26)25(14-17-6-5-13-28-17)23-24-21-19(27-3)7-4-8-20(21)30-23/h4,7-12,15,17H,5-6,13-14H2,1-3H3. The van der Waals surface area contributed by atoms with Crippen LogP contribution in [-0.4, -0.2) is 42.5 Å². The molecule has 2 heterocycles. The molecule has 5 nitrogen and oxygen atoms in total. The number of anilines is 1. The highest BCUT2D eigenvalue weighted by Gasteiger charge is 2.27. The maximum atomic E-state index is 13.5. The molecular formula is C23H26N2O3S2. The van der Waals surface area contributed by atoms with E-state index in [4.69, 9.17) is 14.5 Å². The van der Waals surface area contributed by atoms with E-state index in [0.29, 0.717) is 22.5 Å². The van der Waals surface area contributed by atoms with Crippen LogP contribution in [0.2, 0.25) is 0 Å². The molecule has 1 atom stereocenters. The second kappa shape index (κ2) is 9.37. The number of ether oxygens (including phenoxy) is 2. The number of carbonyl (C=O) groups is 1. The Labute approximate surface area is 185 Å². The van der Waals surface area contributed by atoms with E-state index >= 15 is 0 Å². The van der Waals surface area contributed by atoms with Gasteiger partial charge in [-0.05, 0) is 49.2 Å². The van der Waals surface area contributed by atoms with Crippen LogP contribution in [0.5, 0.6) is 5.75 Å². The molecule has 0 radical (unpaired) electrons. The molecule has 1 amide bonds. The largest absolute Gasteiger partial charge is 0.494 e. The summed E-state index contributed by atoms with van der Waals surface area (Å²) in [6, 6.07) is 13.7. The van der Waals surface area contributed by atoms with Gasteiger partial charge >= 0.3 is 0 Å². The van der Waals surface area contributed by atoms with Gasteiger partial charge in [0.2, 0.25) is 0 Å². The molecule has 4 rings (SSSR count). The molecule has 1 aliphatic rings. The minimum atomic E-state index is -0.0513. The average molecular weight is 443 g/mol. The Morgan fingerprint density at radius 2 is 2.10 bits per heavy atom. The summed E-state index contributed by atoms with van der Waals surface area (Å²) in [6.07, 6.45) is 2.03. The van der Waals surface area contributed by atoms with Crippen LogP contribution in [0.25, 0.3) is 10.2 Å². The van der Waals surface area contributed by atoms with Gasteiger partial charge in [0.25, 0.3) is 5.91 Å². The molecule has 0 bridgehead atoms. The van der Waals surface area contributed by atoms with Crippen LogP contribution in [0.1, 0.15) is 37.0 Å².